The van der Waals surface area contributed by atoms with Crippen molar-refractivity contribution in [2.24, 2.45) is 0 Å². The van der Waals surface area contributed by atoms with Crippen LogP contribution in [0.4, 0.5) is 0 Å². The number of ether oxygens (including phenoxy) is 2. The van der Waals surface area contributed by atoms with Crippen LogP contribution in [0.25, 0.3) is 6.08 Å². The minimum absolute atomic E-state index is 0.407. The number of benzene rings is 2. The van der Waals surface area contributed by atoms with Crippen molar-refractivity contribution in [2.45, 2.75) is 6.61 Å². The molecule has 0 N–H and O–H groups in total. The number of methoxy groups -OCH3 is 1. The zero-order valence-corrected chi connectivity index (χ0v) is 12.0. The van der Waals surface area contributed by atoms with Crippen molar-refractivity contribution in [2.75, 3.05) is 13.7 Å². The Labute approximate surface area is 124 Å². The van der Waals surface area contributed by atoms with Crippen LogP contribution in [0.1, 0.15) is 21.5 Å². The highest BCUT2D eigenvalue weighted by atomic mass is 16.5. The van der Waals surface area contributed by atoms with Gasteiger partial charge in [0.1, 0.15) is 12.0 Å². The van der Waals surface area contributed by atoms with Gasteiger partial charge in [-0.25, -0.2) is 0 Å². The van der Waals surface area contributed by atoms with Gasteiger partial charge in [0.05, 0.1) is 20.3 Å². The molecule has 0 heterocycles. The first-order chi connectivity index (χ1) is 10.3. The van der Waals surface area contributed by atoms with Crippen LogP contribution in [0.2, 0.25) is 0 Å². The van der Waals surface area contributed by atoms with Crippen LogP contribution in [0.3, 0.4) is 0 Å². The Bertz CT molecular complexity index is 603. The van der Waals surface area contributed by atoms with E-state index in [9.17, 15) is 4.79 Å². The van der Waals surface area contributed by atoms with E-state index in [2.05, 4.69) is 0 Å². The molecule has 0 unspecified atom stereocenters. The van der Waals surface area contributed by atoms with E-state index in [4.69, 9.17) is 9.47 Å². The van der Waals surface area contributed by atoms with Crippen molar-refractivity contribution in [3.8, 4) is 5.75 Å². The quantitative estimate of drug-likeness (QED) is 0.573. The van der Waals surface area contributed by atoms with Crippen LogP contribution in [-0.2, 0) is 11.3 Å². The molecule has 108 valence electrons. The van der Waals surface area contributed by atoms with Gasteiger partial charge in [0.15, 0.2) is 0 Å². The number of hydrogen-bond donors (Lipinski definition) is 0. The van der Waals surface area contributed by atoms with E-state index < -0.39 is 0 Å². The predicted molar refractivity (Wildman–Crippen MR) is 83.5 cm³/mol. The molecule has 21 heavy (non-hydrogen) atoms. The maximum Gasteiger partial charge on any atom is 0.150 e. The number of carbonyl (C=O) groups is 1. The van der Waals surface area contributed by atoms with Gasteiger partial charge >= 0.3 is 0 Å². The summed E-state index contributed by atoms with van der Waals surface area (Å²) in [4.78, 5) is 10.8. The standard InChI is InChI=1S/C18H18O3/c1-20-18-10-9-16(13-19)12-17(18)14-21-11-5-8-15-6-3-2-4-7-15/h2-10,12-13H,11,14H2,1H3. The van der Waals surface area contributed by atoms with Crippen molar-refractivity contribution in [1.82, 2.24) is 0 Å². The highest BCUT2D eigenvalue weighted by Crippen LogP contribution is 2.20. The summed E-state index contributed by atoms with van der Waals surface area (Å²) in [5.74, 6) is 0.729. The fourth-order valence-electron chi connectivity index (χ4n) is 1.97. The largest absolute Gasteiger partial charge is 0.496 e. The summed E-state index contributed by atoms with van der Waals surface area (Å²) in [6.45, 7) is 0.910. The van der Waals surface area contributed by atoms with Gasteiger partial charge in [-0.05, 0) is 23.8 Å². The monoisotopic (exact) mass is 282 g/mol. The summed E-state index contributed by atoms with van der Waals surface area (Å²) in [5, 5.41) is 0. The second-order valence-electron chi connectivity index (χ2n) is 4.52. The Kier molecular flexibility index (Phi) is 5.73. The van der Waals surface area contributed by atoms with Gasteiger partial charge in [-0.3, -0.25) is 4.79 Å². The molecule has 0 spiro atoms. The summed E-state index contributed by atoms with van der Waals surface area (Å²) in [6.07, 6.45) is 4.79. The molecule has 0 aromatic heterocycles. The first-order valence-corrected chi connectivity index (χ1v) is 6.75. The van der Waals surface area contributed by atoms with Crippen LogP contribution in [0, 0.1) is 0 Å². The van der Waals surface area contributed by atoms with E-state index in [1.54, 1.807) is 25.3 Å². The summed E-state index contributed by atoms with van der Waals surface area (Å²) < 4.78 is 10.9. The van der Waals surface area contributed by atoms with Gasteiger partial charge in [0, 0.05) is 11.1 Å². The van der Waals surface area contributed by atoms with Crippen LogP contribution in [-0.4, -0.2) is 20.0 Å². The lowest BCUT2D eigenvalue weighted by atomic mass is 10.1. The van der Waals surface area contributed by atoms with E-state index >= 15 is 0 Å². The Morgan fingerprint density at radius 3 is 2.57 bits per heavy atom. The van der Waals surface area contributed by atoms with E-state index in [0.29, 0.717) is 18.8 Å². The lowest BCUT2D eigenvalue weighted by Gasteiger charge is -2.08. The SMILES string of the molecule is COc1ccc(C=O)cc1COCC=Cc1ccccc1. The molecule has 0 aliphatic carbocycles. The molecule has 0 bridgehead atoms. The molecule has 2 aromatic rings. The summed E-state index contributed by atoms with van der Waals surface area (Å²) in [5.41, 5.74) is 2.63. The van der Waals surface area contributed by atoms with E-state index in [1.807, 2.05) is 42.5 Å². The maximum atomic E-state index is 10.8. The molecule has 2 aromatic carbocycles. The lowest BCUT2D eigenvalue weighted by Crippen LogP contribution is -1.98. The zero-order valence-electron chi connectivity index (χ0n) is 12.0. The Morgan fingerprint density at radius 2 is 1.86 bits per heavy atom. The van der Waals surface area contributed by atoms with Crippen molar-refractivity contribution in [1.29, 1.82) is 0 Å². The van der Waals surface area contributed by atoms with Gasteiger partial charge in [-0.1, -0.05) is 42.5 Å². The first kappa shape index (κ1) is 15.0. The fraction of sp³-hybridized carbons (Fsp3) is 0.167. The third kappa shape index (κ3) is 4.58. The van der Waals surface area contributed by atoms with Crippen molar-refractivity contribution < 1.29 is 14.3 Å². The topological polar surface area (TPSA) is 35.5 Å². The molecule has 0 amide bonds. The molecule has 0 aliphatic heterocycles. The molecule has 0 saturated heterocycles. The first-order valence-electron chi connectivity index (χ1n) is 6.75. The lowest BCUT2D eigenvalue weighted by molar-refractivity contribution is 0.112. The Hall–Kier alpha value is -2.39. The molecule has 3 heteroatoms. The van der Waals surface area contributed by atoms with Gasteiger partial charge < -0.3 is 9.47 Å². The van der Waals surface area contributed by atoms with Gasteiger partial charge in [-0.15, -0.1) is 0 Å². The van der Waals surface area contributed by atoms with Crippen molar-refractivity contribution in [3.05, 3.63) is 71.3 Å². The van der Waals surface area contributed by atoms with Crippen LogP contribution < -0.4 is 4.74 Å². The minimum Gasteiger partial charge on any atom is -0.496 e. The normalized spacial score (nSPS) is 10.7. The molecule has 2 rings (SSSR count). The number of hydrogen-bond acceptors (Lipinski definition) is 3. The van der Waals surface area contributed by atoms with Crippen molar-refractivity contribution >= 4 is 12.4 Å². The minimum atomic E-state index is 0.407. The second kappa shape index (κ2) is 8.02. The van der Waals surface area contributed by atoms with Gasteiger partial charge in [0.2, 0.25) is 0 Å². The molecule has 0 aliphatic rings. The Balaban J connectivity index is 1.88. The van der Waals surface area contributed by atoms with Crippen LogP contribution in [0.5, 0.6) is 5.75 Å². The average Bonchev–Trinajstić information content (AvgIpc) is 2.55. The third-order valence-electron chi connectivity index (χ3n) is 3.02. The van der Waals surface area contributed by atoms with E-state index in [0.717, 1.165) is 23.2 Å². The number of rotatable bonds is 7. The second-order valence-corrected chi connectivity index (χ2v) is 4.52. The zero-order chi connectivity index (χ0) is 14.9. The van der Waals surface area contributed by atoms with Crippen LogP contribution in [0.15, 0.2) is 54.6 Å². The summed E-state index contributed by atoms with van der Waals surface area (Å²) in [6, 6.07) is 15.3. The molecule has 3 nitrogen and oxygen atoms in total. The number of aldehydes is 1. The molecule has 0 fully saturated rings. The number of carbonyl (C=O) groups excluding carboxylic acids is 1. The summed E-state index contributed by atoms with van der Waals surface area (Å²) >= 11 is 0. The van der Waals surface area contributed by atoms with Gasteiger partial charge in [0.25, 0.3) is 0 Å². The fourth-order valence-corrected chi connectivity index (χ4v) is 1.97. The Morgan fingerprint density at radius 1 is 1.05 bits per heavy atom. The van der Waals surface area contributed by atoms with E-state index in [-0.39, 0.29) is 0 Å². The third-order valence-corrected chi connectivity index (χ3v) is 3.02. The molecule has 0 atom stereocenters. The summed E-state index contributed by atoms with van der Waals surface area (Å²) in [7, 11) is 1.61. The van der Waals surface area contributed by atoms with E-state index in [1.165, 1.54) is 0 Å². The molecule has 0 saturated carbocycles. The van der Waals surface area contributed by atoms with Crippen molar-refractivity contribution in [3.63, 3.8) is 0 Å². The van der Waals surface area contributed by atoms with Crippen LogP contribution >= 0.6 is 0 Å². The predicted octanol–water partition coefficient (Wildman–Crippen LogP) is 3.74. The molecular weight excluding hydrogens is 264 g/mol. The smallest absolute Gasteiger partial charge is 0.150 e. The highest BCUT2D eigenvalue weighted by Gasteiger charge is 2.04. The molecular formula is C18H18O3. The average molecular weight is 282 g/mol. The molecule has 0 radical (unpaired) electrons. The van der Waals surface area contributed by atoms with Gasteiger partial charge in [-0.2, -0.15) is 0 Å². The maximum absolute atomic E-state index is 10.8. The highest BCUT2D eigenvalue weighted by molar-refractivity contribution is 5.75.